The third-order valence-electron chi connectivity index (χ3n) is 6.40. The zero-order valence-electron chi connectivity index (χ0n) is 19.5. The molecule has 1 aliphatic rings. The van der Waals surface area contributed by atoms with Crippen LogP contribution in [-0.2, 0) is 10.0 Å². The SMILES string of the molecule is CC1CCCN(S(=O)(=O)c2ccc(NC(=O)c3cc(-c4ccccc4)nc4ccccc34)cc2)C1. The Balaban J connectivity index is 1.41. The normalized spacial score (nSPS) is 16.8. The molecule has 2 heterocycles. The number of aromatic nitrogens is 1. The monoisotopic (exact) mass is 485 g/mol. The molecule has 35 heavy (non-hydrogen) atoms. The van der Waals surface area contributed by atoms with Crippen molar-refractivity contribution < 1.29 is 13.2 Å². The van der Waals surface area contributed by atoms with Gasteiger partial charge in [-0.3, -0.25) is 4.79 Å². The lowest BCUT2D eigenvalue weighted by atomic mass is 10.0. The van der Waals surface area contributed by atoms with Crippen molar-refractivity contribution in [2.45, 2.75) is 24.7 Å². The molecule has 6 nitrogen and oxygen atoms in total. The maximum Gasteiger partial charge on any atom is 0.256 e. The summed E-state index contributed by atoms with van der Waals surface area (Å²) >= 11 is 0. The zero-order valence-corrected chi connectivity index (χ0v) is 20.3. The molecule has 5 rings (SSSR count). The first-order valence-corrected chi connectivity index (χ1v) is 13.2. The predicted octanol–water partition coefficient (Wildman–Crippen LogP) is 5.57. The van der Waals surface area contributed by atoms with E-state index in [1.165, 1.54) is 0 Å². The highest BCUT2D eigenvalue weighted by atomic mass is 32.2. The van der Waals surface area contributed by atoms with Crippen LogP contribution in [0.2, 0.25) is 0 Å². The lowest BCUT2D eigenvalue weighted by Gasteiger charge is -2.30. The minimum Gasteiger partial charge on any atom is -0.322 e. The van der Waals surface area contributed by atoms with Crippen LogP contribution in [-0.4, -0.2) is 36.7 Å². The summed E-state index contributed by atoms with van der Waals surface area (Å²) in [5.41, 5.74) is 3.41. The summed E-state index contributed by atoms with van der Waals surface area (Å²) in [6.07, 6.45) is 1.92. The van der Waals surface area contributed by atoms with E-state index in [4.69, 9.17) is 4.98 Å². The van der Waals surface area contributed by atoms with Gasteiger partial charge in [0.1, 0.15) is 0 Å². The zero-order chi connectivity index (χ0) is 24.4. The Hall–Kier alpha value is -3.55. The molecule has 1 amide bonds. The second-order valence-electron chi connectivity index (χ2n) is 9.03. The molecule has 4 aromatic rings. The first-order chi connectivity index (χ1) is 16.9. The second-order valence-corrected chi connectivity index (χ2v) is 11.0. The number of piperidine rings is 1. The molecule has 0 saturated carbocycles. The highest BCUT2D eigenvalue weighted by molar-refractivity contribution is 7.89. The Morgan fingerprint density at radius 2 is 1.69 bits per heavy atom. The number of hydrogen-bond acceptors (Lipinski definition) is 4. The first-order valence-electron chi connectivity index (χ1n) is 11.8. The molecule has 1 saturated heterocycles. The Morgan fingerprint density at radius 1 is 0.971 bits per heavy atom. The van der Waals surface area contributed by atoms with E-state index in [0.717, 1.165) is 29.3 Å². The number of amides is 1. The first kappa shape index (κ1) is 23.2. The van der Waals surface area contributed by atoms with E-state index in [2.05, 4.69) is 12.2 Å². The number of benzene rings is 3. The van der Waals surface area contributed by atoms with E-state index in [0.29, 0.717) is 36.0 Å². The lowest BCUT2D eigenvalue weighted by molar-refractivity contribution is 0.102. The standard InChI is InChI=1S/C28H27N3O3S/c1-20-8-7-17-31(19-20)35(33,34)23-15-13-22(14-16-23)29-28(32)25-18-27(21-9-3-2-4-10-21)30-26-12-6-5-11-24(25)26/h2-6,9-16,18,20H,7-8,17,19H2,1H3,(H,29,32). The van der Waals surface area contributed by atoms with Gasteiger partial charge in [-0.2, -0.15) is 4.31 Å². The highest BCUT2D eigenvalue weighted by Gasteiger charge is 2.28. The molecule has 0 bridgehead atoms. The predicted molar refractivity (Wildman–Crippen MR) is 139 cm³/mol. The van der Waals surface area contributed by atoms with Gasteiger partial charge in [-0.1, -0.05) is 55.5 Å². The van der Waals surface area contributed by atoms with Crippen LogP contribution in [0.1, 0.15) is 30.1 Å². The summed E-state index contributed by atoms with van der Waals surface area (Å²) in [5, 5.41) is 3.67. The van der Waals surface area contributed by atoms with E-state index in [1.54, 1.807) is 34.6 Å². The van der Waals surface area contributed by atoms with Crippen LogP contribution in [0.3, 0.4) is 0 Å². The van der Waals surface area contributed by atoms with Crippen molar-refractivity contribution in [1.29, 1.82) is 0 Å². The summed E-state index contributed by atoms with van der Waals surface area (Å²) < 4.78 is 27.6. The summed E-state index contributed by atoms with van der Waals surface area (Å²) in [4.78, 5) is 18.3. The van der Waals surface area contributed by atoms with E-state index in [1.807, 2.05) is 54.6 Å². The Morgan fingerprint density at radius 3 is 2.43 bits per heavy atom. The third-order valence-corrected chi connectivity index (χ3v) is 8.28. The van der Waals surface area contributed by atoms with E-state index in [-0.39, 0.29) is 10.8 Å². The van der Waals surface area contributed by atoms with Crippen molar-refractivity contribution in [2.75, 3.05) is 18.4 Å². The molecule has 178 valence electrons. The maximum atomic E-state index is 13.3. The number of fused-ring (bicyclic) bond motifs is 1. The average Bonchev–Trinajstić information content (AvgIpc) is 2.89. The molecule has 0 spiro atoms. The van der Waals surface area contributed by atoms with Gasteiger partial charge in [0.2, 0.25) is 10.0 Å². The van der Waals surface area contributed by atoms with Gasteiger partial charge >= 0.3 is 0 Å². The number of nitrogens with one attached hydrogen (secondary N) is 1. The fraction of sp³-hybridized carbons (Fsp3) is 0.214. The van der Waals surface area contributed by atoms with Gasteiger partial charge in [-0.15, -0.1) is 0 Å². The number of pyridine rings is 1. The topological polar surface area (TPSA) is 79.4 Å². The van der Waals surface area contributed by atoms with Gasteiger partial charge in [0.05, 0.1) is 21.7 Å². The van der Waals surface area contributed by atoms with Crippen LogP contribution in [0.25, 0.3) is 22.2 Å². The van der Waals surface area contributed by atoms with Crippen molar-refractivity contribution in [3.05, 3.63) is 90.5 Å². The molecule has 1 atom stereocenters. The van der Waals surface area contributed by atoms with E-state index < -0.39 is 10.0 Å². The number of nitrogens with zero attached hydrogens (tertiary/aromatic N) is 2. The Kier molecular flexibility index (Phi) is 6.36. The van der Waals surface area contributed by atoms with Crippen molar-refractivity contribution in [1.82, 2.24) is 9.29 Å². The quantitative estimate of drug-likeness (QED) is 0.401. The number of anilines is 1. The number of carbonyl (C=O) groups is 1. The number of rotatable bonds is 5. The fourth-order valence-corrected chi connectivity index (χ4v) is 6.14. The average molecular weight is 486 g/mol. The smallest absolute Gasteiger partial charge is 0.256 e. The number of sulfonamides is 1. The van der Waals surface area contributed by atoms with Crippen molar-refractivity contribution in [2.24, 2.45) is 5.92 Å². The molecule has 7 heteroatoms. The summed E-state index contributed by atoms with van der Waals surface area (Å²) in [6, 6.07) is 25.5. The van der Waals surface area contributed by atoms with Gasteiger partial charge in [0.15, 0.2) is 0 Å². The molecule has 1 unspecified atom stereocenters. The van der Waals surface area contributed by atoms with Crippen molar-refractivity contribution in [3.63, 3.8) is 0 Å². The van der Waals surface area contributed by atoms with Crippen LogP contribution in [0.4, 0.5) is 5.69 Å². The minimum absolute atomic E-state index is 0.241. The number of hydrogen-bond donors (Lipinski definition) is 1. The van der Waals surface area contributed by atoms with Crippen LogP contribution < -0.4 is 5.32 Å². The molecule has 0 radical (unpaired) electrons. The highest BCUT2D eigenvalue weighted by Crippen LogP contribution is 2.27. The van der Waals surface area contributed by atoms with E-state index in [9.17, 15) is 13.2 Å². The Bertz CT molecular complexity index is 1470. The molecule has 0 aliphatic carbocycles. The van der Waals surface area contributed by atoms with E-state index >= 15 is 0 Å². The lowest BCUT2D eigenvalue weighted by Crippen LogP contribution is -2.39. The molecule has 1 fully saturated rings. The van der Waals surface area contributed by atoms with Crippen molar-refractivity contribution in [3.8, 4) is 11.3 Å². The molecule has 1 aromatic heterocycles. The molecule has 3 aromatic carbocycles. The summed E-state index contributed by atoms with van der Waals surface area (Å²) in [5.74, 6) is 0.0780. The largest absolute Gasteiger partial charge is 0.322 e. The van der Waals surface area contributed by atoms with Crippen molar-refractivity contribution >= 4 is 32.5 Å². The van der Waals surface area contributed by atoms with Crippen LogP contribution in [0.15, 0.2) is 89.8 Å². The molecular formula is C28H27N3O3S. The van der Waals surface area contributed by atoms with Gasteiger partial charge in [-0.05, 0) is 55.2 Å². The number of carbonyl (C=O) groups excluding carboxylic acids is 1. The molecular weight excluding hydrogens is 458 g/mol. The third kappa shape index (κ3) is 4.83. The van der Waals surface area contributed by atoms with Gasteiger partial charge in [0.25, 0.3) is 5.91 Å². The van der Waals surface area contributed by atoms with Crippen LogP contribution in [0.5, 0.6) is 0 Å². The van der Waals surface area contributed by atoms with Crippen LogP contribution in [0, 0.1) is 5.92 Å². The van der Waals surface area contributed by atoms with Gasteiger partial charge in [-0.25, -0.2) is 13.4 Å². The molecule has 1 aliphatic heterocycles. The number of para-hydroxylation sites is 1. The second kappa shape index (κ2) is 9.60. The van der Waals surface area contributed by atoms with Crippen LogP contribution >= 0.6 is 0 Å². The Labute approximate surface area is 205 Å². The summed E-state index contributed by atoms with van der Waals surface area (Å²) in [7, 11) is -3.55. The van der Waals surface area contributed by atoms with Gasteiger partial charge in [0, 0.05) is 29.7 Å². The summed E-state index contributed by atoms with van der Waals surface area (Å²) in [6.45, 7) is 3.16. The minimum atomic E-state index is -3.55. The molecule has 1 N–H and O–H groups in total. The van der Waals surface area contributed by atoms with Gasteiger partial charge < -0.3 is 5.32 Å². The fourth-order valence-electron chi connectivity index (χ4n) is 4.54. The maximum absolute atomic E-state index is 13.3.